The summed E-state index contributed by atoms with van der Waals surface area (Å²) in [5.41, 5.74) is 0.741. The van der Waals surface area contributed by atoms with E-state index in [1.807, 2.05) is 24.3 Å². The molecule has 0 aliphatic rings. The Morgan fingerprint density at radius 1 is 1.11 bits per heavy atom. The maximum Gasteiger partial charge on any atom is 0.422 e. The van der Waals surface area contributed by atoms with Crippen LogP contribution < -0.4 is 10.1 Å². The van der Waals surface area contributed by atoms with Crippen molar-refractivity contribution in [2.45, 2.75) is 12.7 Å². The zero-order valence-corrected chi connectivity index (χ0v) is 10.4. The Morgan fingerprint density at radius 2 is 1.84 bits per heavy atom. The summed E-state index contributed by atoms with van der Waals surface area (Å²) in [5, 5.41) is 4.83. The van der Waals surface area contributed by atoms with Crippen LogP contribution in [0.3, 0.4) is 0 Å². The Balaban J connectivity index is 2.39. The zero-order chi connectivity index (χ0) is 13.9. The van der Waals surface area contributed by atoms with Gasteiger partial charge in [-0.1, -0.05) is 30.3 Å². The smallest absolute Gasteiger partial charge is 0.422 e. The number of hydrogen-bond acceptors (Lipinski definition) is 2. The van der Waals surface area contributed by atoms with E-state index in [9.17, 15) is 13.2 Å². The highest BCUT2D eigenvalue weighted by Gasteiger charge is 2.28. The molecule has 0 fully saturated rings. The molecule has 2 aromatic rings. The minimum atomic E-state index is -4.33. The molecular formula is C14H14F3NO. The van der Waals surface area contributed by atoms with Crippen molar-refractivity contribution in [2.24, 2.45) is 0 Å². The van der Waals surface area contributed by atoms with Crippen LogP contribution in [0, 0.1) is 0 Å². The van der Waals surface area contributed by atoms with E-state index >= 15 is 0 Å². The summed E-state index contributed by atoms with van der Waals surface area (Å²) in [6.07, 6.45) is -4.33. The SMILES string of the molecule is CNCc1c(OCC(F)(F)F)ccc2ccccc12. The summed E-state index contributed by atoms with van der Waals surface area (Å²) < 4.78 is 41.6. The van der Waals surface area contributed by atoms with E-state index in [0.717, 1.165) is 16.3 Å². The van der Waals surface area contributed by atoms with Crippen molar-refractivity contribution in [3.63, 3.8) is 0 Å². The summed E-state index contributed by atoms with van der Waals surface area (Å²) in [6.45, 7) is -0.823. The number of fused-ring (bicyclic) bond motifs is 1. The summed E-state index contributed by atoms with van der Waals surface area (Å²) in [4.78, 5) is 0. The van der Waals surface area contributed by atoms with E-state index in [2.05, 4.69) is 5.32 Å². The Morgan fingerprint density at radius 3 is 2.53 bits per heavy atom. The van der Waals surface area contributed by atoms with Gasteiger partial charge in [0, 0.05) is 12.1 Å². The number of alkyl halides is 3. The number of hydrogen-bond donors (Lipinski definition) is 1. The lowest BCUT2D eigenvalue weighted by Crippen LogP contribution is -2.20. The second-order valence-corrected chi connectivity index (χ2v) is 4.20. The van der Waals surface area contributed by atoms with E-state index in [-0.39, 0.29) is 5.75 Å². The fraction of sp³-hybridized carbons (Fsp3) is 0.286. The van der Waals surface area contributed by atoms with Gasteiger partial charge in [-0.05, 0) is 23.9 Å². The average Bonchev–Trinajstić information content (AvgIpc) is 2.37. The third kappa shape index (κ3) is 3.38. The molecule has 0 spiro atoms. The first-order valence-corrected chi connectivity index (χ1v) is 5.86. The molecule has 0 saturated heterocycles. The fourth-order valence-corrected chi connectivity index (χ4v) is 1.97. The minimum absolute atomic E-state index is 0.269. The number of ether oxygens (including phenoxy) is 1. The van der Waals surface area contributed by atoms with Crippen LogP contribution in [0.5, 0.6) is 5.75 Å². The molecule has 0 aliphatic carbocycles. The lowest BCUT2D eigenvalue weighted by atomic mass is 10.0. The highest BCUT2D eigenvalue weighted by atomic mass is 19.4. The third-order valence-electron chi connectivity index (χ3n) is 2.74. The van der Waals surface area contributed by atoms with Gasteiger partial charge < -0.3 is 10.1 Å². The van der Waals surface area contributed by atoms with Crippen LogP contribution in [0.4, 0.5) is 13.2 Å². The predicted molar refractivity (Wildman–Crippen MR) is 68.3 cm³/mol. The fourth-order valence-electron chi connectivity index (χ4n) is 1.97. The van der Waals surface area contributed by atoms with E-state index in [0.29, 0.717) is 6.54 Å². The molecule has 0 bridgehead atoms. The Bertz CT molecular complexity index is 566. The van der Waals surface area contributed by atoms with Gasteiger partial charge in [0.1, 0.15) is 5.75 Å². The second-order valence-electron chi connectivity index (χ2n) is 4.20. The highest BCUT2D eigenvalue weighted by Crippen LogP contribution is 2.29. The molecule has 2 nitrogen and oxygen atoms in total. The van der Waals surface area contributed by atoms with E-state index in [1.165, 1.54) is 0 Å². The van der Waals surface area contributed by atoms with Crippen molar-refractivity contribution < 1.29 is 17.9 Å². The van der Waals surface area contributed by atoms with Gasteiger partial charge in [0.15, 0.2) is 6.61 Å². The molecular weight excluding hydrogens is 255 g/mol. The molecule has 2 aromatic carbocycles. The van der Waals surface area contributed by atoms with Crippen LogP contribution in [-0.2, 0) is 6.54 Å². The summed E-state index contributed by atoms with van der Waals surface area (Å²) >= 11 is 0. The topological polar surface area (TPSA) is 21.3 Å². The predicted octanol–water partition coefficient (Wildman–Crippen LogP) is 3.50. The lowest BCUT2D eigenvalue weighted by molar-refractivity contribution is -0.153. The molecule has 0 aromatic heterocycles. The number of nitrogens with one attached hydrogen (secondary N) is 1. The van der Waals surface area contributed by atoms with E-state index in [4.69, 9.17) is 4.74 Å². The molecule has 102 valence electrons. The molecule has 0 atom stereocenters. The minimum Gasteiger partial charge on any atom is -0.484 e. The van der Waals surface area contributed by atoms with Crippen LogP contribution in [0.2, 0.25) is 0 Å². The van der Waals surface area contributed by atoms with Crippen molar-refractivity contribution in [1.82, 2.24) is 5.32 Å². The second kappa shape index (κ2) is 5.48. The number of rotatable bonds is 4. The quantitative estimate of drug-likeness (QED) is 0.917. The number of benzene rings is 2. The van der Waals surface area contributed by atoms with E-state index in [1.54, 1.807) is 19.2 Å². The Kier molecular flexibility index (Phi) is 3.95. The van der Waals surface area contributed by atoms with Crippen molar-refractivity contribution >= 4 is 10.8 Å². The van der Waals surface area contributed by atoms with Crippen LogP contribution in [0.25, 0.3) is 10.8 Å². The Labute approximate surface area is 109 Å². The van der Waals surface area contributed by atoms with Crippen LogP contribution >= 0.6 is 0 Å². The molecule has 19 heavy (non-hydrogen) atoms. The zero-order valence-electron chi connectivity index (χ0n) is 10.4. The first-order chi connectivity index (χ1) is 9.01. The molecule has 0 saturated carbocycles. The molecule has 0 aliphatic heterocycles. The number of halogens is 3. The average molecular weight is 269 g/mol. The summed E-state index contributed by atoms with van der Waals surface area (Å²) in [5.74, 6) is 0.269. The van der Waals surface area contributed by atoms with Gasteiger partial charge in [-0.3, -0.25) is 0 Å². The molecule has 0 heterocycles. The first kappa shape index (κ1) is 13.7. The summed E-state index contributed by atoms with van der Waals surface area (Å²) in [7, 11) is 1.75. The van der Waals surface area contributed by atoms with Gasteiger partial charge in [0.05, 0.1) is 0 Å². The van der Waals surface area contributed by atoms with Crippen molar-refractivity contribution in [1.29, 1.82) is 0 Å². The van der Waals surface area contributed by atoms with Crippen LogP contribution in [-0.4, -0.2) is 19.8 Å². The molecule has 2 rings (SSSR count). The molecule has 1 N–H and O–H groups in total. The van der Waals surface area contributed by atoms with Gasteiger partial charge >= 0.3 is 6.18 Å². The molecule has 5 heteroatoms. The van der Waals surface area contributed by atoms with Gasteiger partial charge in [0.2, 0.25) is 0 Å². The van der Waals surface area contributed by atoms with Gasteiger partial charge in [-0.25, -0.2) is 0 Å². The normalized spacial score (nSPS) is 11.8. The lowest BCUT2D eigenvalue weighted by Gasteiger charge is -2.15. The Hall–Kier alpha value is -1.75. The van der Waals surface area contributed by atoms with Crippen molar-refractivity contribution in [3.05, 3.63) is 42.0 Å². The molecule has 0 amide bonds. The summed E-state index contributed by atoms with van der Waals surface area (Å²) in [6, 6.07) is 10.9. The van der Waals surface area contributed by atoms with Crippen molar-refractivity contribution in [3.8, 4) is 5.75 Å². The monoisotopic (exact) mass is 269 g/mol. The third-order valence-corrected chi connectivity index (χ3v) is 2.74. The van der Waals surface area contributed by atoms with Crippen LogP contribution in [0.1, 0.15) is 5.56 Å². The first-order valence-electron chi connectivity index (χ1n) is 5.86. The van der Waals surface area contributed by atoms with Crippen LogP contribution in [0.15, 0.2) is 36.4 Å². The van der Waals surface area contributed by atoms with Crippen molar-refractivity contribution in [2.75, 3.05) is 13.7 Å². The largest absolute Gasteiger partial charge is 0.484 e. The van der Waals surface area contributed by atoms with E-state index < -0.39 is 12.8 Å². The highest BCUT2D eigenvalue weighted by molar-refractivity contribution is 5.87. The van der Waals surface area contributed by atoms with Gasteiger partial charge in [-0.2, -0.15) is 13.2 Å². The van der Waals surface area contributed by atoms with Gasteiger partial charge in [-0.15, -0.1) is 0 Å². The maximum atomic E-state index is 12.2. The maximum absolute atomic E-state index is 12.2. The molecule has 0 unspecified atom stereocenters. The molecule has 0 radical (unpaired) electrons. The standard InChI is InChI=1S/C14H14F3NO/c1-18-8-12-11-5-3-2-4-10(11)6-7-13(12)19-9-14(15,16)17/h2-7,18H,8-9H2,1H3. The van der Waals surface area contributed by atoms with Gasteiger partial charge in [0.25, 0.3) is 0 Å².